The van der Waals surface area contributed by atoms with E-state index < -0.39 is 5.82 Å². The summed E-state index contributed by atoms with van der Waals surface area (Å²) in [5.41, 5.74) is 9.16. The molecule has 3 aromatic heterocycles. The van der Waals surface area contributed by atoms with Crippen molar-refractivity contribution in [3.63, 3.8) is 0 Å². The summed E-state index contributed by atoms with van der Waals surface area (Å²) in [6.07, 6.45) is 1.46. The molecular weight excluding hydrogens is 257 g/mol. The van der Waals surface area contributed by atoms with Crippen LogP contribution in [0.3, 0.4) is 0 Å². The topological polar surface area (TPSA) is 80.5 Å². The van der Waals surface area contributed by atoms with E-state index in [2.05, 4.69) is 20.2 Å². The molecule has 0 saturated heterocycles. The Balaban J connectivity index is 0.000000155. The number of anilines is 1. The van der Waals surface area contributed by atoms with Gasteiger partial charge in [-0.3, -0.25) is 10.1 Å². The third kappa shape index (κ3) is 2.90. The zero-order chi connectivity index (χ0) is 15.6. The fourth-order valence-electron chi connectivity index (χ4n) is 1.60. The minimum absolute atomic E-state index is 0.340. The Morgan fingerprint density at radius 1 is 1.30 bits per heavy atom. The number of H-pyrrole nitrogens is 1. The lowest BCUT2D eigenvalue weighted by Gasteiger charge is -1.99. The number of nitrogen functional groups attached to an aromatic ring is 1. The molecule has 3 N–H and O–H groups in total. The van der Waals surface area contributed by atoms with Crippen LogP contribution in [0, 0.1) is 26.6 Å². The minimum Gasteiger partial charge on any atom is -0.384 e. The normalized spacial score (nSPS) is 10.9. The van der Waals surface area contributed by atoms with Crippen LogP contribution in [0.5, 0.6) is 0 Å². The molecule has 0 atom stereocenters. The number of aryl methyl sites for hydroxylation is 2. The van der Waals surface area contributed by atoms with Gasteiger partial charge in [0.05, 0.1) is 13.0 Å². The van der Waals surface area contributed by atoms with Crippen molar-refractivity contribution in [2.24, 2.45) is 0 Å². The van der Waals surface area contributed by atoms with Crippen LogP contribution in [0.25, 0.3) is 11.0 Å². The van der Waals surface area contributed by atoms with Crippen LogP contribution in [-0.4, -0.2) is 20.2 Å². The monoisotopic (exact) mass is 274 g/mol. The number of hydrogen-bond acceptors (Lipinski definition) is 4. The lowest BCUT2D eigenvalue weighted by atomic mass is 10.1. The number of aromatic nitrogens is 4. The highest BCUT2D eigenvalue weighted by Gasteiger charge is 2.02. The molecule has 0 saturated carbocycles. The summed E-state index contributed by atoms with van der Waals surface area (Å²) >= 11 is 0. The SMILES string of the molecule is Nc1[nH]nc2ncc(F)cc12.[2H]c1cc(C)c(C)c(C)n1. The van der Waals surface area contributed by atoms with Crippen LogP contribution in [0.1, 0.15) is 18.2 Å². The smallest absolute Gasteiger partial charge is 0.183 e. The zero-order valence-electron chi connectivity index (χ0n) is 12.5. The molecule has 3 aromatic rings. The molecule has 20 heavy (non-hydrogen) atoms. The van der Waals surface area contributed by atoms with Crippen molar-refractivity contribution < 1.29 is 5.76 Å². The molecule has 3 heterocycles. The first kappa shape index (κ1) is 12.5. The lowest BCUT2D eigenvalue weighted by molar-refractivity contribution is 0.624. The predicted octanol–water partition coefficient (Wildman–Crippen LogP) is 2.69. The van der Waals surface area contributed by atoms with Crippen molar-refractivity contribution in [2.75, 3.05) is 5.73 Å². The third-order valence-corrected chi connectivity index (χ3v) is 3.05. The van der Waals surface area contributed by atoms with E-state index in [0.29, 0.717) is 23.0 Å². The van der Waals surface area contributed by atoms with Crippen LogP contribution in [-0.2, 0) is 0 Å². The zero-order valence-corrected chi connectivity index (χ0v) is 11.5. The number of hydrogen-bond donors (Lipinski definition) is 2. The Labute approximate surface area is 117 Å². The summed E-state index contributed by atoms with van der Waals surface area (Å²) in [5, 5.41) is 6.75. The van der Waals surface area contributed by atoms with Crippen LogP contribution in [0.4, 0.5) is 10.2 Å². The fourth-order valence-corrected chi connectivity index (χ4v) is 1.60. The second kappa shape index (κ2) is 5.64. The van der Waals surface area contributed by atoms with Gasteiger partial charge in [-0.05, 0) is 44.0 Å². The number of fused-ring (bicyclic) bond motifs is 1. The van der Waals surface area contributed by atoms with Crippen LogP contribution < -0.4 is 5.73 Å². The summed E-state index contributed by atoms with van der Waals surface area (Å²) in [7, 11) is 0. The van der Waals surface area contributed by atoms with Crippen molar-refractivity contribution in [3.05, 3.63) is 47.1 Å². The van der Waals surface area contributed by atoms with Gasteiger partial charge >= 0.3 is 0 Å². The number of nitrogens with two attached hydrogens (primary N) is 1. The molecule has 0 aliphatic carbocycles. The Bertz CT molecular complexity index is 761. The van der Waals surface area contributed by atoms with Crippen molar-refractivity contribution in [1.29, 1.82) is 0 Å². The highest BCUT2D eigenvalue weighted by molar-refractivity contribution is 5.85. The van der Waals surface area contributed by atoms with Crippen molar-refractivity contribution >= 4 is 16.9 Å². The Hall–Kier alpha value is -2.50. The van der Waals surface area contributed by atoms with Gasteiger partial charge in [0.25, 0.3) is 0 Å². The summed E-state index contributed by atoms with van der Waals surface area (Å²) in [5.74, 6) is -0.0717. The number of aromatic amines is 1. The largest absolute Gasteiger partial charge is 0.384 e. The third-order valence-electron chi connectivity index (χ3n) is 3.05. The van der Waals surface area contributed by atoms with Gasteiger partial charge < -0.3 is 5.73 Å². The highest BCUT2D eigenvalue weighted by atomic mass is 19.1. The molecule has 0 aliphatic heterocycles. The first-order chi connectivity index (χ1) is 9.88. The number of nitrogens with one attached hydrogen (secondary N) is 1. The molecule has 0 spiro atoms. The van der Waals surface area contributed by atoms with Gasteiger partial charge in [-0.2, -0.15) is 5.10 Å². The summed E-state index contributed by atoms with van der Waals surface area (Å²) in [4.78, 5) is 7.70. The summed E-state index contributed by atoms with van der Waals surface area (Å²) in [6.45, 7) is 5.96. The summed E-state index contributed by atoms with van der Waals surface area (Å²) in [6, 6.07) is 3.07. The van der Waals surface area contributed by atoms with Gasteiger partial charge in [-0.25, -0.2) is 9.37 Å². The van der Waals surface area contributed by atoms with E-state index in [1.54, 1.807) is 6.07 Å². The van der Waals surface area contributed by atoms with Gasteiger partial charge in [-0.1, -0.05) is 0 Å². The fraction of sp³-hybridized carbons (Fsp3) is 0.214. The maximum absolute atomic E-state index is 12.5. The molecule has 104 valence electrons. The molecule has 0 unspecified atom stereocenters. The maximum Gasteiger partial charge on any atom is 0.183 e. The van der Waals surface area contributed by atoms with Gasteiger partial charge in [0.15, 0.2) is 5.65 Å². The molecule has 0 fully saturated rings. The Kier molecular flexibility index (Phi) is 3.54. The second-order valence-electron chi connectivity index (χ2n) is 4.44. The van der Waals surface area contributed by atoms with Crippen LogP contribution in [0.2, 0.25) is 0 Å². The molecule has 0 bridgehead atoms. The molecule has 6 heteroatoms. The van der Waals surface area contributed by atoms with Crippen molar-refractivity contribution in [3.8, 4) is 0 Å². The van der Waals surface area contributed by atoms with E-state index in [0.717, 1.165) is 17.5 Å². The molecule has 0 radical (unpaired) electrons. The Morgan fingerprint density at radius 2 is 2.05 bits per heavy atom. The minimum atomic E-state index is -0.411. The molecule has 3 rings (SSSR count). The number of rotatable bonds is 0. The number of halogens is 1. The average Bonchev–Trinajstić information content (AvgIpc) is 2.78. The number of nitrogens with zero attached hydrogens (tertiary/aromatic N) is 3. The molecule has 5 nitrogen and oxygen atoms in total. The second-order valence-corrected chi connectivity index (χ2v) is 4.44. The van der Waals surface area contributed by atoms with Crippen molar-refractivity contribution in [1.82, 2.24) is 20.2 Å². The van der Waals surface area contributed by atoms with Gasteiger partial charge in [-0.15, -0.1) is 0 Å². The van der Waals surface area contributed by atoms with Crippen LogP contribution in [0.15, 0.2) is 24.5 Å². The highest BCUT2D eigenvalue weighted by Crippen LogP contribution is 2.15. The predicted molar refractivity (Wildman–Crippen MR) is 76.7 cm³/mol. The van der Waals surface area contributed by atoms with E-state index in [1.807, 2.05) is 20.8 Å². The average molecular weight is 274 g/mol. The molecular formula is C14H16FN5. The molecule has 0 aromatic carbocycles. The first-order valence-electron chi connectivity index (χ1n) is 6.55. The van der Waals surface area contributed by atoms with Gasteiger partial charge in [0, 0.05) is 11.9 Å². The quantitative estimate of drug-likeness (QED) is 0.660. The van der Waals surface area contributed by atoms with E-state index in [1.165, 1.54) is 11.6 Å². The molecule has 0 aliphatic rings. The van der Waals surface area contributed by atoms with Crippen LogP contribution >= 0.6 is 0 Å². The Morgan fingerprint density at radius 3 is 2.75 bits per heavy atom. The van der Waals surface area contributed by atoms with Gasteiger partial charge in [0.1, 0.15) is 11.6 Å². The van der Waals surface area contributed by atoms with Crippen molar-refractivity contribution in [2.45, 2.75) is 20.8 Å². The standard InChI is InChI=1S/C8H11N.C6H5FN4/c1-6-4-5-9-8(3)7(6)2;7-3-1-4-5(8)10-11-6(4)9-2-3/h4-5H,1-3H3;1-2H,(H3,8,9,10,11)/i5D;. The van der Waals surface area contributed by atoms with E-state index in [-0.39, 0.29) is 0 Å². The number of pyridine rings is 2. The van der Waals surface area contributed by atoms with E-state index in [4.69, 9.17) is 7.10 Å². The maximum atomic E-state index is 12.5. The first-order valence-corrected chi connectivity index (χ1v) is 6.05. The lowest BCUT2D eigenvalue weighted by Crippen LogP contribution is -1.87. The summed E-state index contributed by atoms with van der Waals surface area (Å²) < 4.78 is 19.8. The van der Waals surface area contributed by atoms with E-state index in [9.17, 15) is 4.39 Å². The van der Waals surface area contributed by atoms with E-state index >= 15 is 0 Å². The molecule has 0 amide bonds. The van der Waals surface area contributed by atoms with Gasteiger partial charge in [0.2, 0.25) is 0 Å².